The summed E-state index contributed by atoms with van der Waals surface area (Å²) in [6.45, 7) is -0.157. The molecule has 202 valence electrons. The van der Waals surface area contributed by atoms with Crippen molar-refractivity contribution in [2.75, 3.05) is 7.11 Å². The van der Waals surface area contributed by atoms with Crippen LogP contribution >= 0.6 is 0 Å². The zero-order valence-electron chi connectivity index (χ0n) is 21.8. The third-order valence-corrected chi connectivity index (χ3v) is 7.37. The van der Waals surface area contributed by atoms with E-state index in [1.54, 1.807) is 41.9 Å². The van der Waals surface area contributed by atoms with Gasteiger partial charge in [-0.1, -0.05) is 48.5 Å². The first kappa shape index (κ1) is 26.0. The molecule has 2 heterocycles. The molecule has 1 fully saturated rings. The fraction of sp³-hybridized carbons (Fsp3) is 0.310. The van der Waals surface area contributed by atoms with Crippen molar-refractivity contribution in [2.24, 2.45) is 12.8 Å². The van der Waals surface area contributed by atoms with Crippen LogP contribution in [0.4, 0.5) is 4.79 Å². The third kappa shape index (κ3) is 4.85. The minimum Gasteiger partial charge on any atom is -0.493 e. The normalized spacial score (nSPS) is 17.2. The van der Waals surface area contributed by atoms with Crippen LogP contribution in [0.15, 0.2) is 59.4 Å². The minimum absolute atomic E-state index is 0.134. The van der Waals surface area contributed by atoms with Crippen molar-refractivity contribution in [3.63, 3.8) is 0 Å². The highest BCUT2D eigenvalue weighted by Crippen LogP contribution is 2.35. The fourth-order valence-corrected chi connectivity index (χ4v) is 5.54. The van der Waals surface area contributed by atoms with Crippen LogP contribution in [0.5, 0.6) is 5.75 Å². The van der Waals surface area contributed by atoms with E-state index in [0.717, 1.165) is 5.39 Å². The molecule has 0 unspecified atom stereocenters. The first-order chi connectivity index (χ1) is 18.8. The molecular formula is C29H30N4O6. The van der Waals surface area contributed by atoms with Crippen molar-refractivity contribution in [3.8, 4) is 5.75 Å². The van der Waals surface area contributed by atoms with Crippen molar-refractivity contribution in [3.05, 3.63) is 76.2 Å². The van der Waals surface area contributed by atoms with Crippen molar-refractivity contribution in [1.82, 2.24) is 14.5 Å². The number of nitrogens with zero attached hydrogens (tertiary/aromatic N) is 2. The molecule has 5 rings (SSSR count). The number of amides is 2. The number of methoxy groups -OCH3 is 1. The number of aromatic nitrogens is 2. The number of primary amides is 1. The highest BCUT2D eigenvalue weighted by Gasteiger charge is 2.30. The number of carbonyl (C=O) groups is 3. The molecule has 4 aromatic rings. The fourth-order valence-electron chi connectivity index (χ4n) is 5.54. The number of ether oxygens (including phenoxy) is 2. The predicted octanol–water partition coefficient (Wildman–Crippen LogP) is 3.52. The quantitative estimate of drug-likeness (QED) is 0.351. The van der Waals surface area contributed by atoms with Gasteiger partial charge < -0.3 is 25.1 Å². The molecule has 0 spiro atoms. The summed E-state index contributed by atoms with van der Waals surface area (Å²) in [7, 11) is 3.15. The standard InChI is InChI=1S/C29H30N4O6/c1-32-24-20-10-6-7-11-21(20)33(16-22(34)17-8-4-3-5-9-17)28(36)23(24)26(38-2)25(32)27(35)31-18-12-14-19(15-13-18)39-29(30)37/h3-11,18-19H,12-16H2,1-2H3,(H2,30,37)(H,31,35). The Labute approximate surface area is 224 Å². The number of para-hydroxylation sites is 1. The van der Waals surface area contributed by atoms with Gasteiger partial charge in [0.2, 0.25) is 0 Å². The lowest BCUT2D eigenvalue weighted by Gasteiger charge is -2.28. The molecule has 10 heteroatoms. The van der Waals surface area contributed by atoms with Gasteiger partial charge in [-0.3, -0.25) is 19.0 Å². The van der Waals surface area contributed by atoms with E-state index in [-0.39, 0.29) is 47.2 Å². The van der Waals surface area contributed by atoms with E-state index in [1.165, 1.54) is 11.7 Å². The second-order valence-corrected chi connectivity index (χ2v) is 9.75. The molecule has 10 nitrogen and oxygen atoms in total. The second-order valence-electron chi connectivity index (χ2n) is 9.75. The number of rotatable bonds is 7. The number of hydrogen-bond acceptors (Lipinski definition) is 6. The van der Waals surface area contributed by atoms with E-state index >= 15 is 0 Å². The lowest BCUT2D eigenvalue weighted by atomic mass is 9.93. The molecule has 3 N–H and O–H groups in total. The number of nitrogens with one attached hydrogen (secondary N) is 1. The molecule has 2 aromatic heterocycles. The zero-order valence-corrected chi connectivity index (χ0v) is 21.8. The van der Waals surface area contributed by atoms with Gasteiger partial charge in [0.05, 0.1) is 24.7 Å². The molecule has 2 aromatic carbocycles. The number of ketones is 1. The first-order valence-corrected chi connectivity index (χ1v) is 12.8. The summed E-state index contributed by atoms with van der Waals surface area (Å²) >= 11 is 0. The van der Waals surface area contributed by atoms with Gasteiger partial charge >= 0.3 is 6.09 Å². The summed E-state index contributed by atoms with van der Waals surface area (Å²) in [5.74, 6) is -0.418. The highest BCUT2D eigenvalue weighted by atomic mass is 16.6. The number of Topliss-reactive ketones (excluding diaryl/α,β-unsaturated/α-hetero) is 1. The van der Waals surface area contributed by atoms with E-state index in [1.807, 2.05) is 24.3 Å². The molecule has 0 radical (unpaired) electrons. The summed E-state index contributed by atoms with van der Waals surface area (Å²) in [5.41, 5.74) is 6.58. The summed E-state index contributed by atoms with van der Waals surface area (Å²) in [6.07, 6.45) is 1.36. The summed E-state index contributed by atoms with van der Waals surface area (Å²) in [5, 5.41) is 4.01. The van der Waals surface area contributed by atoms with Gasteiger partial charge in [-0.2, -0.15) is 0 Å². The molecule has 1 saturated carbocycles. The van der Waals surface area contributed by atoms with Gasteiger partial charge in [0.25, 0.3) is 11.5 Å². The van der Waals surface area contributed by atoms with Gasteiger partial charge in [0.1, 0.15) is 11.5 Å². The molecule has 0 aliphatic heterocycles. The Hall–Kier alpha value is -4.60. The van der Waals surface area contributed by atoms with Crippen LogP contribution in [0, 0.1) is 0 Å². The number of hydrogen-bond donors (Lipinski definition) is 2. The SMILES string of the molecule is COc1c(C(=O)NC2CCC(OC(N)=O)CC2)n(C)c2c1c(=O)n(CC(=O)c1ccccc1)c1ccccc21. The predicted molar refractivity (Wildman–Crippen MR) is 146 cm³/mol. The molecule has 0 bridgehead atoms. The number of aryl methyl sites for hydroxylation is 1. The Morgan fingerprint density at radius 1 is 1.00 bits per heavy atom. The van der Waals surface area contributed by atoms with Crippen molar-refractivity contribution < 1.29 is 23.9 Å². The Morgan fingerprint density at radius 3 is 2.33 bits per heavy atom. The Bertz CT molecular complexity index is 1630. The molecule has 0 atom stereocenters. The number of benzene rings is 2. The molecule has 39 heavy (non-hydrogen) atoms. The molecule has 1 aliphatic carbocycles. The van der Waals surface area contributed by atoms with Gasteiger partial charge in [0, 0.05) is 24.0 Å². The van der Waals surface area contributed by atoms with Gasteiger partial charge in [0.15, 0.2) is 17.2 Å². The summed E-state index contributed by atoms with van der Waals surface area (Å²) in [4.78, 5) is 51.6. The molecule has 0 saturated heterocycles. The number of pyridine rings is 1. The van der Waals surface area contributed by atoms with E-state index in [2.05, 4.69) is 5.32 Å². The molecular weight excluding hydrogens is 500 g/mol. The van der Waals surface area contributed by atoms with Crippen LogP contribution < -0.4 is 21.3 Å². The summed E-state index contributed by atoms with van der Waals surface area (Å²) in [6, 6.07) is 16.0. The summed E-state index contributed by atoms with van der Waals surface area (Å²) < 4.78 is 13.9. The average molecular weight is 531 g/mol. The second kappa shape index (κ2) is 10.6. The van der Waals surface area contributed by atoms with Crippen LogP contribution in [-0.4, -0.2) is 46.2 Å². The van der Waals surface area contributed by atoms with Gasteiger partial charge in [-0.05, 0) is 31.7 Å². The van der Waals surface area contributed by atoms with Crippen LogP contribution in [0.2, 0.25) is 0 Å². The van der Waals surface area contributed by atoms with Crippen LogP contribution in [0.25, 0.3) is 21.8 Å². The third-order valence-electron chi connectivity index (χ3n) is 7.37. The Morgan fingerprint density at radius 2 is 1.67 bits per heavy atom. The Balaban J connectivity index is 1.55. The lowest BCUT2D eigenvalue weighted by molar-refractivity contribution is 0.0707. The topological polar surface area (TPSA) is 135 Å². The first-order valence-electron chi connectivity index (χ1n) is 12.8. The zero-order chi connectivity index (χ0) is 27.7. The maximum atomic E-state index is 13.9. The minimum atomic E-state index is -0.800. The van der Waals surface area contributed by atoms with Crippen molar-refractivity contribution in [1.29, 1.82) is 0 Å². The van der Waals surface area contributed by atoms with Crippen LogP contribution in [0.1, 0.15) is 46.5 Å². The van der Waals surface area contributed by atoms with Crippen LogP contribution in [-0.2, 0) is 18.3 Å². The van der Waals surface area contributed by atoms with Gasteiger partial charge in [-0.15, -0.1) is 0 Å². The van der Waals surface area contributed by atoms with Crippen LogP contribution in [0.3, 0.4) is 0 Å². The van der Waals surface area contributed by atoms with Crippen molar-refractivity contribution in [2.45, 2.75) is 44.4 Å². The average Bonchev–Trinajstić information content (AvgIpc) is 3.24. The number of carbonyl (C=O) groups excluding carboxylic acids is 3. The molecule has 2 amide bonds. The highest BCUT2D eigenvalue weighted by molar-refractivity contribution is 6.12. The van der Waals surface area contributed by atoms with E-state index in [0.29, 0.717) is 42.3 Å². The monoisotopic (exact) mass is 530 g/mol. The van der Waals surface area contributed by atoms with E-state index in [9.17, 15) is 19.2 Å². The van der Waals surface area contributed by atoms with E-state index in [4.69, 9.17) is 15.2 Å². The van der Waals surface area contributed by atoms with Crippen molar-refractivity contribution >= 4 is 39.6 Å². The van der Waals surface area contributed by atoms with Gasteiger partial charge in [-0.25, -0.2) is 4.79 Å². The lowest BCUT2D eigenvalue weighted by Crippen LogP contribution is -2.40. The maximum Gasteiger partial charge on any atom is 0.404 e. The largest absolute Gasteiger partial charge is 0.493 e. The number of nitrogens with two attached hydrogens (primary N) is 1. The number of fused-ring (bicyclic) bond motifs is 3. The Kier molecular flexibility index (Phi) is 7.10. The smallest absolute Gasteiger partial charge is 0.404 e. The van der Waals surface area contributed by atoms with E-state index < -0.39 is 11.7 Å². The maximum absolute atomic E-state index is 13.9. The molecule has 1 aliphatic rings.